The first-order valence-electron chi connectivity index (χ1n) is 5.78. The van der Waals surface area contributed by atoms with Crippen molar-refractivity contribution in [2.75, 3.05) is 12.5 Å². The van der Waals surface area contributed by atoms with Crippen LogP contribution in [0.15, 0.2) is 47.4 Å². The van der Waals surface area contributed by atoms with Crippen LogP contribution in [0.25, 0.3) is 10.8 Å². The van der Waals surface area contributed by atoms with Gasteiger partial charge in [0.25, 0.3) is 0 Å². The second-order valence-electron chi connectivity index (χ2n) is 4.68. The van der Waals surface area contributed by atoms with Crippen LogP contribution in [-0.4, -0.2) is 26.4 Å². The first kappa shape index (κ1) is 16.1. The van der Waals surface area contributed by atoms with E-state index in [1.807, 2.05) is 0 Å². The van der Waals surface area contributed by atoms with Crippen LogP contribution in [0.4, 0.5) is 13.2 Å². The van der Waals surface area contributed by atoms with Crippen molar-refractivity contribution < 1.29 is 25.2 Å². The van der Waals surface area contributed by atoms with Gasteiger partial charge in [-0.1, -0.05) is 46.7 Å². The minimum atomic E-state index is -5.64. The van der Waals surface area contributed by atoms with E-state index in [0.717, 1.165) is 5.39 Å². The summed E-state index contributed by atoms with van der Waals surface area (Å²) in [4.78, 5) is 0.452. The van der Waals surface area contributed by atoms with E-state index >= 15 is 0 Å². The number of halogens is 3. The lowest BCUT2D eigenvalue weighted by atomic mass is 10.1. The Bertz CT molecular complexity index is 762. The highest BCUT2D eigenvalue weighted by Crippen LogP contribution is 2.55. The maximum Gasteiger partial charge on any atom is 0.523 e. The Morgan fingerprint density at radius 3 is 2.14 bits per heavy atom. The predicted octanol–water partition coefficient (Wildman–Crippen LogP) is 4.04. The van der Waals surface area contributed by atoms with Crippen molar-refractivity contribution in [3.8, 4) is 0 Å². The molecule has 0 aromatic heterocycles. The Hall–Kier alpha value is -1.25. The third-order valence-corrected chi connectivity index (χ3v) is 6.88. The quantitative estimate of drug-likeness (QED) is 0.793. The lowest BCUT2D eigenvalue weighted by Crippen LogP contribution is -2.26. The Labute approximate surface area is 122 Å². The van der Waals surface area contributed by atoms with E-state index in [4.69, 9.17) is 0 Å². The molecule has 21 heavy (non-hydrogen) atoms. The number of rotatable bonds is 3. The molecule has 0 spiro atoms. The molecular weight excluding hydrogens is 325 g/mol. The molecule has 0 N–H and O–H groups in total. The number of hydrogen-bond donors (Lipinski definition) is 0. The molecule has 0 aliphatic rings. The van der Waals surface area contributed by atoms with Gasteiger partial charge < -0.3 is 0 Å². The molecule has 2 aromatic rings. The first-order chi connectivity index (χ1) is 9.55. The van der Waals surface area contributed by atoms with Crippen LogP contribution in [0, 0.1) is 0 Å². The monoisotopic (exact) mass is 338 g/mol. The van der Waals surface area contributed by atoms with Crippen LogP contribution in [0.5, 0.6) is 0 Å². The Morgan fingerprint density at radius 2 is 1.52 bits per heavy atom. The van der Waals surface area contributed by atoms with Crippen molar-refractivity contribution in [3.05, 3.63) is 42.5 Å². The summed E-state index contributed by atoms with van der Waals surface area (Å²) in [6.45, 7) is 0. The fraction of sp³-hybridized carbons (Fsp3) is 0.231. The first-order valence-corrected chi connectivity index (χ1v) is 9.56. The van der Waals surface area contributed by atoms with Crippen LogP contribution in [-0.2, 0) is 13.7 Å². The van der Waals surface area contributed by atoms with Gasteiger partial charge in [0.05, 0.1) is 0 Å². The van der Waals surface area contributed by atoms with Crippen LogP contribution in [0.1, 0.15) is 0 Å². The minimum Gasteiger partial charge on any atom is -0.209 e. The molecule has 2 aromatic carbocycles. The highest BCUT2D eigenvalue weighted by atomic mass is 32.3. The van der Waals surface area contributed by atoms with E-state index in [9.17, 15) is 21.6 Å². The lowest BCUT2D eigenvalue weighted by Gasteiger charge is -2.31. The molecule has 0 bridgehead atoms. The molecule has 3 nitrogen and oxygen atoms in total. The van der Waals surface area contributed by atoms with Crippen molar-refractivity contribution in [1.82, 2.24) is 0 Å². The molecule has 2 rings (SSSR count). The molecule has 0 unspecified atom stereocenters. The van der Waals surface area contributed by atoms with Crippen molar-refractivity contribution in [3.63, 3.8) is 0 Å². The summed E-state index contributed by atoms with van der Waals surface area (Å²) in [7, 11) is -8.27. The molecule has 116 valence electrons. The fourth-order valence-corrected chi connectivity index (χ4v) is 5.44. The summed E-state index contributed by atoms with van der Waals surface area (Å²) in [5.74, 6) is 0. The van der Waals surface area contributed by atoms with Gasteiger partial charge in [0.1, 0.15) is 0 Å². The molecule has 0 saturated carbocycles. The lowest BCUT2D eigenvalue weighted by molar-refractivity contribution is -0.0495. The van der Waals surface area contributed by atoms with Crippen molar-refractivity contribution in [2.24, 2.45) is 0 Å². The summed E-state index contributed by atoms with van der Waals surface area (Å²) in [5, 5.41) is 1.49. The zero-order valence-electron chi connectivity index (χ0n) is 11.2. The van der Waals surface area contributed by atoms with Gasteiger partial charge in [-0.2, -0.15) is 21.6 Å². The van der Waals surface area contributed by atoms with Crippen molar-refractivity contribution in [2.45, 2.75) is 10.4 Å². The molecule has 0 radical (unpaired) electrons. The Balaban J connectivity index is 2.53. The largest absolute Gasteiger partial charge is 0.523 e. The zero-order chi connectivity index (χ0) is 15.9. The highest BCUT2D eigenvalue weighted by molar-refractivity contribution is 8.32. The van der Waals surface area contributed by atoms with Gasteiger partial charge in [0.2, 0.25) is 0 Å². The smallest absolute Gasteiger partial charge is 0.209 e. The average molecular weight is 338 g/mol. The number of benzene rings is 2. The Morgan fingerprint density at radius 1 is 0.952 bits per heavy atom. The molecule has 0 aliphatic carbocycles. The number of alkyl halides is 3. The molecule has 0 atom stereocenters. The summed E-state index contributed by atoms with van der Waals surface area (Å²) in [6.07, 6.45) is 2.75. The third kappa shape index (κ3) is 3.17. The maximum atomic E-state index is 12.5. The van der Waals surface area contributed by atoms with E-state index in [0.29, 0.717) is 10.3 Å². The van der Waals surface area contributed by atoms with Gasteiger partial charge in [0, 0.05) is 4.90 Å². The van der Waals surface area contributed by atoms with Gasteiger partial charge in [-0.15, -0.1) is 0 Å². The Kier molecular flexibility index (Phi) is 3.98. The summed E-state index contributed by atoms with van der Waals surface area (Å²) >= 11 is 0. The van der Waals surface area contributed by atoms with E-state index in [-0.39, 0.29) is 0 Å². The SMILES string of the molecule is CS(C)(OS(=O)(=O)C(F)(F)F)c1cccc2ccccc12. The van der Waals surface area contributed by atoms with Gasteiger partial charge in [-0.05, 0) is 29.4 Å². The molecule has 0 fully saturated rings. The van der Waals surface area contributed by atoms with E-state index in [1.54, 1.807) is 42.5 Å². The summed E-state index contributed by atoms with van der Waals surface area (Å²) < 4.78 is 64.5. The van der Waals surface area contributed by atoms with Crippen LogP contribution in [0.3, 0.4) is 0 Å². The van der Waals surface area contributed by atoms with Crippen LogP contribution < -0.4 is 0 Å². The van der Waals surface area contributed by atoms with Crippen LogP contribution in [0.2, 0.25) is 0 Å². The van der Waals surface area contributed by atoms with E-state index in [1.165, 1.54) is 12.5 Å². The second-order valence-corrected chi connectivity index (χ2v) is 9.50. The molecule has 8 heteroatoms. The van der Waals surface area contributed by atoms with Gasteiger partial charge in [-0.3, -0.25) is 0 Å². The van der Waals surface area contributed by atoms with Crippen LogP contribution >= 0.6 is 10.3 Å². The molecule has 0 amide bonds. The summed E-state index contributed by atoms with van der Waals surface area (Å²) in [5.41, 5.74) is -5.43. The number of hydrogen-bond acceptors (Lipinski definition) is 3. The normalized spacial score (nSPS) is 14.3. The topological polar surface area (TPSA) is 43.4 Å². The number of fused-ring (bicyclic) bond motifs is 1. The average Bonchev–Trinajstić information content (AvgIpc) is 2.35. The molecule has 0 saturated heterocycles. The minimum absolute atomic E-state index is 0.452. The molecular formula is C13H13F3O3S2. The standard InChI is InChI=1S/C13H13F3O3S2/c1-20(2,19-21(17,18)13(14,15)16)12-9-5-7-10-6-3-4-8-11(10)12/h3-9H,1-2H3. The third-order valence-electron chi connectivity index (χ3n) is 2.82. The predicted molar refractivity (Wildman–Crippen MR) is 77.7 cm³/mol. The maximum absolute atomic E-state index is 12.5. The van der Waals surface area contributed by atoms with Gasteiger partial charge in [-0.25, -0.2) is 3.63 Å². The van der Waals surface area contributed by atoms with E-state index < -0.39 is 25.9 Å². The van der Waals surface area contributed by atoms with Crippen molar-refractivity contribution in [1.29, 1.82) is 0 Å². The zero-order valence-corrected chi connectivity index (χ0v) is 12.8. The van der Waals surface area contributed by atoms with Gasteiger partial charge >= 0.3 is 15.6 Å². The molecule has 0 aliphatic heterocycles. The highest BCUT2D eigenvalue weighted by Gasteiger charge is 2.49. The fourth-order valence-electron chi connectivity index (χ4n) is 1.92. The second kappa shape index (κ2) is 5.19. The van der Waals surface area contributed by atoms with Crippen molar-refractivity contribution >= 4 is 31.2 Å². The molecule has 0 heterocycles. The van der Waals surface area contributed by atoms with Gasteiger partial charge in [0.15, 0.2) is 0 Å². The summed E-state index contributed by atoms with van der Waals surface area (Å²) in [6, 6.07) is 12.1. The van der Waals surface area contributed by atoms with E-state index in [2.05, 4.69) is 3.63 Å².